The highest BCUT2D eigenvalue weighted by molar-refractivity contribution is 5.78. The van der Waals surface area contributed by atoms with Crippen LogP contribution in [0.15, 0.2) is 36.7 Å². The second-order valence-corrected chi connectivity index (χ2v) is 3.88. The zero-order valence-electron chi connectivity index (χ0n) is 10.5. The van der Waals surface area contributed by atoms with Gasteiger partial charge in [0.25, 0.3) is 0 Å². The Morgan fingerprint density at radius 1 is 1.32 bits per heavy atom. The molecule has 19 heavy (non-hydrogen) atoms. The first kappa shape index (κ1) is 12.8. The van der Waals surface area contributed by atoms with E-state index in [1.165, 1.54) is 6.20 Å². The summed E-state index contributed by atoms with van der Waals surface area (Å²) in [6, 6.07) is 9.13. The quantitative estimate of drug-likeness (QED) is 0.785. The van der Waals surface area contributed by atoms with E-state index in [2.05, 4.69) is 11.1 Å². The predicted octanol–water partition coefficient (Wildman–Crippen LogP) is 2.83. The lowest BCUT2D eigenvalue weighted by atomic mass is 10.0. The SMILES string of the molecule is CCOc1cc(-c2cncc(C=O)c2)ccc1C#N. The van der Waals surface area contributed by atoms with Gasteiger partial charge in [-0.25, -0.2) is 0 Å². The Morgan fingerprint density at radius 2 is 2.16 bits per heavy atom. The number of carbonyl (C=O) groups excluding carboxylic acids is 1. The molecule has 0 bridgehead atoms. The molecule has 2 aromatic rings. The van der Waals surface area contributed by atoms with Crippen LogP contribution in [0.25, 0.3) is 11.1 Å². The Kier molecular flexibility index (Phi) is 3.89. The number of aromatic nitrogens is 1. The standard InChI is InChI=1S/C15H12N2O2/c1-2-19-15-6-12(3-4-13(15)7-16)14-5-11(10-18)8-17-9-14/h3-6,8-10H,2H2,1H3. The Labute approximate surface area is 111 Å². The molecule has 0 amide bonds. The maximum absolute atomic E-state index is 10.8. The lowest BCUT2D eigenvalue weighted by molar-refractivity contribution is 0.112. The van der Waals surface area contributed by atoms with Gasteiger partial charge in [0.05, 0.1) is 12.2 Å². The molecule has 4 nitrogen and oxygen atoms in total. The van der Waals surface area contributed by atoms with Crippen molar-refractivity contribution >= 4 is 6.29 Å². The number of hydrogen-bond acceptors (Lipinski definition) is 4. The maximum Gasteiger partial charge on any atom is 0.151 e. The van der Waals surface area contributed by atoms with Gasteiger partial charge in [-0.2, -0.15) is 5.26 Å². The highest BCUT2D eigenvalue weighted by Crippen LogP contribution is 2.27. The number of nitrogens with zero attached hydrogens (tertiary/aromatic N) is 2. The lowest BCUT2D eigenvalue weighted by Gasteiger charge is -2.08. The van der Waals surface area contributed by atoms with Crippen molar-refractivity contribution in [1.29, 1.82) is 5.26 Å². The molecular formula is C15H12N2O2. The van der Waals surface area contributed by atoms with Crippen LogP contribution < -0.4 is 4.74 Å². The van der Waals surface area contributed by atoms with Crippen LogP contribution >= 0.6 is 0 Å². The number of ether oxygens (including phenoxy) is 1. The molecule has 0 spiro atoms. The van der Waals surface area contributed by atoms with E-state index in [9.17, 15) is 4.79 Å². The molecule has 1 aromatic carbocycles. The summed E-state index contributed by atoms with van der Waals surface area (Å²) in [6.45, 7) is 2.35. The largest absolute Gasteiger partial charge is 0.492 e. The normalized spacial score (nSPS) is 9.68. The van der Waals surface area contributed by atoms with E-state index in [1.54, 1.807) is 24.4 Å². The molecule has 0 radical (unpaired) electrons. The van der Waals surface area contributed by atoms with Crippen molar-refractivity contribution in [3.05, 3.63) is 47.8 Å². The van der Waals surface area contributed by atoms with Crippen molar-refractivity contribution < 1.29 is 9.53 Å². The van der Waals surface area contributed by atoms with Gasteiger partial charge in [0, 0.05) is 23.5 Å². The Bertz CT molecular complexity index is 645. The molecule has 0 unspecified atom stereocenters. The van der Waals surface area contributed by atoms with Crippen molar-refractivity contribution in [2.45, 2.75) is 6.92 Å². The van der Waals surface area contributed by atoms with Gasteiger partial charge in [0.1, 0.15) is 11.8 Å². The smallest absolute Gasteiger partial charge is 0.151 e. The number of hydrogen-bond donors (Lipinski definition) is 0. The first-order valence-electron chi connectivity index (χ1n) is 5.86. The molecule has 2 rings (SSSR count). The van der Waals surface area contributed by atoms with Gasteiger partial charge in [-0.1, -0.05) is 6.07 Å². The summed E-state index contributed by atoms with van der Waals surface area (Å²) in [5.41, 5.74) is 2.68. The molecule has 0 aliphatic carbocycles. The fourth-order valence-electron chi connectivity index (χ4n) is 1.75. The zero-order chi connectivity index (χ0) is 13.7. The van der Waals surface area contributed by atoms with Crippen LogP contribution in [-0.2, 0) is 0 Å². The molecule has 1 heterocycles. The van der Waals surface area contributed by atoms with Crippen LogP contribution in [0.3, 0.4) is 0 Å². The van der Waals surface area contributed by atoms with E-state index in [-0.39, 0.29) is 0 Å². The average molecular weight is 252 g/mol. The van der Waals surface area contributed by atoms with E-state index in [1.807, 2.05) is 13.0 Å². The molecular weight excluding hydrogens is 240 g/mol. The Balaban J connectivity index is 2.47. The van der Waals surface area contributed by atoms with Crippen LogP contribution in [0.2, 0.25) is 0 Å². The van der Waals surface area contributed by atoms with Crippen LogP contribution in [0, 0.1) is 11.3 Å². The van der Waals surface area contributed by atoms with Crippen molar-refractivity contribution in [2.24, 2.45) is 0 Å². The number of aldehydes is 1. The van der Waals surface area contributed by atoms with E-state index < -0.39 is 0 Å². The first-order chi connectivity index (χ1) is 9.28. The molecule has 0 atom stereocenters. The highest BCUT2D eigenvalue weighted by Gasteiger charge is 2.06. The molecule has 4 heteroatoms. The fraction of sp³-hybridized carbons (Fsp3) is 0.133. The maximum atomic E-state index is 10.8. The molecule has 0 aliphatic heterocycles. The zero-order valence-corrected chi connectivity index (χ0v) is 10.5. The van der Waals surface area contributed by atoms with Gasteiger partial charge in [0.2, 0.25) is 0 Å². The van der Waals surface area contributed by atoms with Gasteiger partial charge in [0.15, 0.2) is 6.29 Å². The second kappa shape index (κ2) is 5.78. The van der Waals surface area contributed by atoms with Gasteiger partial charge >= 0.3 is 0 Å². The summed E-state index contributed by atoms with van der Waals surface area (Å²) in [5, 5.41) is 9.00. The van der Waals surface area contributed by atoms with Gasteiger partial charge in [-0.3, -0.25) is 9.78 Å². The lowest BCUT2D eigenvalue weighted by Crippen LogP contribution is -1.95. The summed E-state index contributed by atoms with van der Waals surface area (Å²) < 4.78 is 5.43. The summed E-state index contributed by atoms with van der Waals surface area (Å²) in [4.78, 5) is 14.8. The first-order valence-corrected chi connectivity index (χ1v) is 5.86. The second-order valence-electron chi connectivity index (χ2n) is 3.88. The van der Waals surface area contributed by atoms with Crippen molar-refractivity contribution in [1.82, 2.24) is 4.98 Å². The third-order valence-corrected chi connectivity index (χ3v) is 2.63. The van der Waals surface area contributed by atoms with Gasteiger partial charge in [-0.05, 0) is 30.7 Å². The minimum absolute atomic E-state index is 0.491. The Morgan fingerprint density at radius 3 is 2.84 bits per heavy atom. The van der Waals surface area contributed by atoms with Crippen molar-refractivity contribution in [2.75, 3.05) is 6.61 Å². The van der Waals surface area contributed by atoms with Crippen LogP contribution in [0.5, 0.6) is 5.75 Å². The van der Waals surface area contributed by atoms with Gasteiger partial charge in [-0.15, -0.1) is 0 Å². The van der Waals surface area contributed by atoms with E-state index in [0.717, 1.165) is 17.4 Å². The molecule has 0 fully saturated rings. The van der Waals surface area contributed by atoms with Gasteiger partial charge < -0.3 is 4.74 Å². The number of benzene rings is 1. The van der Waals surface area contributed by atoms with E-state index in [4.69, 9.17) is 10.00 Å². The summed E-state index contributed by atoms with van der Waals surface area (Å²) in [6.07, 6.45) is 3.93. The number of pyridine rings is 1. The topological polar surface area (TPSA) is 63.0 Å². The number of nitriles is 1. The molecule has 0 saturated carbocycles. The fourth-order valence-corrected chi connectivity index (χ4v) is 1.75. The van der Waals surface area contributed by atoms with E-state index in [0.29, 0.717) is 23.5 Å². The van der Waals surface area contributed by atoms with Crippen molar-refractivity contribution in [3.8, 4) is 22.9 Å². The minimum Gasteiger partial charge on any atom is -0.492 e. The highest BCUT2D eigenvalue weighted by atomic mass is 16.5. The van der Waals surface area contributed by atoms with Crippen LogP contribution in [0.4, 0.5) is 0 Å². The Hall–Kier alpha value is -2.67. The third-order valence-electron chi connectivity index (χ3n) is 2.63. The third kappa shape index (κ3) is 2.78. The number of carbonyl (C=O) groups is 1. The van der Waals surface area contributed by atoms with E-state index >= 15 is 0 Å². The molecule has 0 aliphatic rings. The van der Waals surface area contributed by atoms with Crippen LogP contribution in [0.1, 0.15) is 22.8 Å². The average Bonchev–Trinajstić information content (AvgIpc) is 2.47. The summed E-state index contributed by atoms with van der Waals surface area (Å²) >= 11 is 0. The minimum atomic E-state index is 0.491. The summed E-state index contributed by atoms with van der Waals surface area (Å²) in [5.74, 6) is 0.541. The molecule has 94 valence electrons. The predicted molar refractivity (Wildman–Crippen MR) is 70.9 cm³/mol. The van der Waals surface area contributed by atoms with Crippen LogP contribution in [-0.4, -0.2) is 17.9 Å². The number of rotatable bonds is 4. The summed E-state index contributed by atoms with van der Waals surface area (Å²) in [7, 11) is 0. The molecule has 0 saturated heterocycles. The molecule has 0 N–H and O–H groups in total. The molecule has 1 aromatic heterocycles. The monoisotopic (exact) mass is 252 g/mol. The van der Waals surface area contributed by atoms with Crippen molar-refractivity contribution in [3.63, 3.8) is 0 Å².